The Labute approximate surface area is 101 Å². The van der Waals surface area contributed by atoms with E-state index in [9.17, 15) is 0 Å². The molecule has 3 N–H and O–H groups in total. The number of rotatable bonds is 10. The van der Waals surface area contributed by atoms with Crippen LogP contribution in [0.1, 0.15) is 46.5 Å². The smallest absolute Gasteiger partial charge is 0.0558 e. The molecule has 98 valence electrons. The van der Waals surface area contributed by atoms with Gasteiger partial charge in [-0.1, -0.05) is 27.2 Å². The number of nitrogens with two attached hydrogens (primary N) is 1. The van der Waals surface area contributed by atoms with E-state index in [2.05, 4.69) is 25.7 Å². The van der Waals surface area contributed by atoms with Gasteiger partial charge in [0.05, 0.1) is 6.61 Å². The Morgan fingerprint density at radius 2 is 1.81 bits per heavy atom. The second-order valence-corrected chi connectivity index (χ2v) is 5.39. The molecule has 0 amide bonds. The lowest BCUT2D eigenvalue weighted by Crippen LogP contribution is -2.29. The van der Waals surface area contributed by atoms with Crippen LogP contribution in [0.25, 0.3) is 0 Å². The van der Waals surface area contributed by atoms with Gasteiger partial charge in [-0.2, -0.15) is 0 Å². The second kappa shape index (κ2) is 8.97. The van der Waals surface area contributed by atoms with E-state index in [4.69, 9.17) is 10.8 Å². The monoisotopic (exact) mass is 230 g/mol. The number of aliphatic hydroxyl groups is 1. The third-order valence-corrected chi connectivity index (χ3v) is 3.09. The summed E-state index contributed by atoms with van der Waals surface area (Å²) in [5.41, 5.74) is 5.98. The first kappa shape index (κ1) is 15.9. The molecule has 0 aromatic rings. The van der Waals surface area contributed by atoms with E-state index in [-0.39, 0.29) is 12.0 Å². The van der Waals surface area contributed by atoms with Crippen LogP contribution in [-0.4, -0.2) is 42.8 Å². The molecule has 3 nitrogen and oxygen atoms in total. The lowest BCUT2D eigenvalue weighted by Gasteiger charge is -2.24. The quantitative estimate of drug-likeness (QED) is 0.563. The Kier molecular flexibility index (Phi) is 8.90. The topological polar surface area (TPSA) is 49.5 Å². The molecule has 0 aromatic heterocycles. The highest BCUT2D eigenvalue weighted by molar-refractivity contribution is 4.69. The van der Waals surface area contributed by atoms with Crippen molar-refractivity contribution in [1.82, 2.24) is 4.90 Å². The minimum Gasteiger partial charge on any atom is -0.395 e. The SMILES string of the molecule is CCCN(CCO)CCCCC(C)(C)CN. The van der Waals surface area contributed by atoms with E-state index in [0.717, 1.165) is 32.6 Å². The molecule has 0 aliphatic heterocycles. The summed E-state index contributed by atoms with van der Waals surface area (Å²) >= 11 is 0. The Balaban J connectivity index is 3.61. The molecule has 0 saturated carbocycles. The van der Waals surface area contributed by atoms with Crippen LogP contribution < -0.4 is 5.73 Å². The molecule has 0 aliphatic rings. The van der Waals surface area contributed by atoms with Gasteiger partial charge < -0.3 is 15.7 Å². The van der Waals surface area contributed by atoms with Crippen LogP contribution >= 0.6 is 0 Å². The van der Waals surface area contributed by atoms with Crippen molar-refractivity contribution in [2.75, 3.05) is 32.8 Å². The predicted octanol–water partition coefficient (Wildman–Crippen LogP) is 1.85. The summed E-state index contributed by atoms with van der Waals surface area (Å²) in [5, 5.41) is 8.93. The molecule has 0 bridgehead atoms. The van der Waals surface area contributed by atoms with Gasteiger partial charge in [-0.3, -0.25) is 0 Å². The minimum absolute atomic E-state index is 0.272. The van der Waals surface area contributed by atoms with Gasteiger partial charge in [-0.15, -0.1) is 0 Å². The maximum atomic E-state index is 8.93. The van der Waals surface area contributed by atoms with E-state index >= 15 is 0 Å². The second-order valence-electron chi connectivity index (χ2n) is 5.39. The normalized spacial score (nSPS) is 12.4. The Morgan fingerprint density at radius 1 is 1.12 bits per heavy atom. The summed E-state index contributed by atoms with van der Waals surface area (Å²) < 4.78 is 0. The molecule has 0 aromatic carbocycles. The fraction of sp³-hybridized carbons (Fsp3) is 1.00. The van der Waals surface area contributed by atoms with Crippen LogP contribution in [0.3, 0.4) is 0 Å². The maximum absolute atomic E-state index is 8.93. The summed E-state index contributed by atoms with van der Waals surface area (Å²) in [5.74, 6) is 0. The lowest BCUT2D eigenvalue weighted by molar-refractivity contribution is 0.190. The largest absolute Gasteiger partial charge is 0.395 e. The highest BCUT2D eigenvalue weighted by Crippen LogP contribution is 2.21. The van der Waals surface area contributed by atoms with Gasteiger partial charge in [0.1, 0.15) is 0 Å². The van der Waals surface area contributed by atoms with Crippen LogP contribution in [0.15, 0.2) is 0 Å². The standard InChI is InChI=1S/C13H30N2O/c1-4-8-15(10-11-16)9-6-5-7-13(2,3)12-14/h16H,4-12,14H2,1-3H3. The summed E-state index contributed by atoms with van der Waals surface area (Å²) in [6, 6.07) is 0. The highest BCUT2D eigenvalue weighted by Gasteiger charge is 2.14. The van der Waals surface area contributed by atoms with Crippen LogP contribution in [0, 0.1) is 5.41 Å². The van der Waals surface area contributed by atoms with E-state index in [1.54, 1.807) is 0 Å². The molecule has 0 spiro atoms. The molecular formula is C13H30N2O. The zero-order chi connectivity index (χ0) is 12.4. The van der Waals surface area contributed by atoms with Gasteiger partial charge in [-0.05, 0) is 44.3 Å². The number of unbranched alkanes of at least 4 members (excludes halogenated alkanes) is 1. The zero-order valence-electron chi connectivity index (χ0n) is 11.3. The van der Waals surface area contributed by atoms with Crippen molar-refractivity contribution in [2.45, 2.75) is 46.5 Å². The molecule has 0 fully saturated rings. The number of nitrogens with zero attached hydrogens (tertiary/aromatic N) is 1. The first-order valence-electron chi connectivity index (χ1n) is 6.59. The molecule has 16 heavy (non-hydrogen) atoms. The first-order chi connectivity index (χ1) is 7.55. The average Bonchev–Trinajstić information content (AvgIpc) is 2.25. The van der Waals surface area contributed by atoms with Gasteiger partial charge in [0.15, 0.2) is 0 Å². The summed E-state index contributed by atoms with van der Waals surface area (Å²) in [7, 11) is 0. The Bertz CT molecular complexity index is 154. The number of hydrogen-bond donors (Lipinski definition) is 2. The Hall–Kier alpha value is -0.120. The van der Waals surface area contributed by atoms with E-state index in [1.807, 2.05) is 0 Å². The van der Waals surface area contributed by atoms with Crippen LogP contribution in [0.4, 0.5) is 0 Å². The molecular weight excluding hydrogens is 200 g/mol. The number of aliphatic hydroxyl groups excluding tert-OH is 1. The molecule has 0 aliphatic carbocycles. The molecule has 0 rings (SSSR count). The van der Waals surface area contributed by atoms with Crippen molar-refractivity contribution in [1.29, 1.82) is 0 Å². The van der Waals surface area contributed by atoms with Gasteiger partial charge in [-0.25, -0.2) is 0 Å². The van der Waals surface area contributed by atoms with Crippen LogP contribution in [0.2, 0.25) is 0 Å². The fourth-order valence-electron chi connectivity index (χ4n) is 1.83. The molecule has 0 saturated heterocycles. The van der Waals surface area contributed by atoms with Gasteiger partial charge >= 0.3 is 0 Å². The molecule has 0 heterocycles. The summed E-state index contributed by atoms with van der Waals surface area (Å²) in [6.07, 6.45) is 4.80. The summed E-state index contributed by atoms with van der Waals surface area (Å²) in [6.45, 7) is 10.7. The fourth-order valence-corrected chi connectivity index (χ4v) is 1.83. The lowest BCUT2D eigenvalue weighted by atomic mass is 9.87. The first-order valence-corrected chi connectivity index (χ1v) is 6.59. The van der Waals surface area contributed by atoms with Gasteiger partial charge in [0, 0.05) is 6.54 Å². The van der Waals surface area contributed by atoms with Crippen molar-refractivity contribution >= 4 is 0 Å². The van der Waals surface area contributed by atoms with Crippen molar-refractivity contribution in [3.05, 3.63) is 0 Å². The van der Waals surface area contributed by atoms with Crippen LogP contribution in [-0.2, 0) is 0 Å². The van der Waals surface area contributed by atoms with Crippen LogP contribution in [0.5, 0.6) is 0 Å². The van der Waals surface area contributed by atoms with Crippen molar-refractivity contribution in [3.8, 4) is 0 Å². The third-order valence-electron chi connectivity index (χ3n) is 3.09. The van der Waals surface area contributed by atoms with Crippen molar-refractivity contribution in [3.63, 3.8) is 0 Å². The Morgan fingerprint density at radius 3 is 2.31 bits per heavy atom. The van der Waals surface area contributed by atoms with Gasteiger partial charge in [0.25, 0.3) is 0 Å². The molecule has 3 heteroatoms. The number of hydrogen-bond acceptors (Lipinski definition) is 3. The molecule has 0 unspecified atom stereocenters. The average molecular weight is 230 g/mol. The predicted molar refractivity (Wildman–Crippen MR) is 70.5 cm³/mol. The third kappa shape index (κ3) is 8.08. The molecule has 0 atom stereocenters. The van der Waals surface area contributed by atoms with E-state index in [1.165, 1.54) is 19.3 Å². The van der Waals surface area contributed by atoms with Crippen molar-refractivity contribution in [2.24, 2.45) is 11.1 Å². The van der Waals surface area contributed by atoms with Gasteiger partial charge in [0.2, 0.25) is 0 Å². The minimum atomic E-state index is 0.272. The highest BCUT2D eigenvalue weighted by atomic mass is 16.3. The van der Waals surface area contributed by atoms with E-state index < -0.39 is 0 Å². The maximum Gasteiger partial charge on any atom is 0.0558 e. The zero-order valence-corrected chi connectivity index (χ0v) is 11.3. The summed E-state index contributed by atoms with van der Waals surface area (Å²) in [4.78, 5) is 2.34. The van der Waals surface area contributed by atoms with Crippen molar-refractivity contribution < 1.29 is 5.11 Å². The molecule has 0 radical (unpaired) electrons. The van der Waals surface area contributed by atoms with E-state index in [0.29, 0.717) is 0 Å².